The van der Waals surface area contributed by atoms with Gasteiger partial charge in [0.1, 0.15) is 11.6 Å². The Balaban J connectivity index is 1.54. The van der Waals surface area contributed by atoms with Crippen LogP contribution in [0.3, 0.4) is 0 Å². The van der Waals surface area contributed by atoms with Gasteiger partial charge in [0.2, 0.25) is 0 Å². The number of hydrogen-bond donors (Lipinski definition) is 0. The van der Waals surface area contributed by atoms with E-state index in [1.54, 1.807) is 11.3 Å². The number of aryl methyl sites for hydroxylation is 3. The van der Waals surface area contributed by atoms with Gasteiger partial charge in [-0.25, -0.2) is 0 Å². The molecule has 6 heteroatoms. The van der Waals surface area contributed by atoms with E-state index in [0.717, 1.165) is 61.0 Å². The Bertz CT molecular complexity index is 778. The second-order valence-corrected chi connectivity index (χ2v) is 8.81. The predicted octanol–water partition coefficient (Wildman–Crippen LogP) is 3.70. The van der Waals surface area contributed by atoms with Crippen molar-refractivity contribution in [1.29, 1.82) is 0 Å². The normalized spacial score (nSPS) is 21.0. The second kappa shape index (κ2) is 6.90. The number of carbonyl (C=O) groups excluding carboxylic acids is 1. The van der Waals surface area contributed by atoms with Gasteiger partial charge in [-0.2, -0.15) is 0 Å². The predicted molar refractivity (Wildman–Crippen MR) is 99.2 cm³/mol. The van der Waals surface area contributed by atoms with Gasteiger partial charge in [0.15, 0.2) is 0 Å². The standard InChI is InChI=1S/C19H26N4OS/c1-13-11-16(14(2)25-13)19(24)22-9-6-7-15(12-22)18-21-20-17-8-4-3-5-10-23(17)18/h11,15H,3-10,12H2,1-2H3. The van der Waals surface area contributed by atoms with Crippen molar-refractivity contribution in [2.45, 2.75) is 64.8 Å². The number of aromatic nitrogens is 3. The fraction of sp³-hybridized carbons (Fsp3) is 0.632. The van der Waals surface area contributed by atoms with Crippen LogP contribution < -0.4 is 0 Å². The monoisotopic (exact) mass is 358 g/mol. The number of amides is 1. The molecule has 5 nitrogen and oxygen atoms in total. The van der Waals surface area contributed by atoms with E-state index in [-0.39, 0.29) is 5.91 Å². The largest absolute Gasteiger partial charge is 0.338 e. The lowest BCUT2D eigenvalue weighted by atomic mass is 9.96. The highest BCUT2D eigenvalue weighted by molar-refractivity contribution is 7.12. The lowest BCUT2D eigenvalue weighted by Crippen LogP contribution is -2.40. The van der Waals surface area contributed by atoms with E-state index in [0.29, 0.717) is 5.92 Å². The number of piperidine rings is 1. The van der Waals surface area contributed by atoms with Crippen molar-refractivity contribution >= 4 is 17.2 Å². The number of thiophene rings is 1. The smallest absolute Gasteiger partial charge is 0.255 e. The number of fused-ring (bicyclic) bond motifs is 1. The number of hydrogen-bond acceptors (Lipinski definition) is 4. The maximum Gasteiger partial charge on any atom is 0.255 e. The van der Waals surface area contributed by atoms with Gasteiger partial charge in [-0.05, 0) is 45.6 Å². The molecule has 0 N–H and O–H groups in total. The van der Waals surface area contributed by atoms with Crippen molar-refractivity contribution in [2.24, 2.45) is 0 Å². The van der Waals surface area contributed by atoms with E-state index in [4.69, 9.17) is 0 Å². The van der Waals surface area contributed by atoms with Gasteiger partial charge in [0.05, 0.1) is 5.56 Å². The summed E-state index contributed by atoms with van der Waals surface area (Å²) in [7, 11) is 0. The minimum absolute atomic E-state index is 0.183. The molecule has 2 aliphatic rings. The quantitative estimate of drug-likeness (QED) is 0.822. The van der Waals surface area contributed by atoms with Gasteiger partial charge in [0, 0.05) is 41.7 Å². The summed E-state index contributed by atoms with van der Waals surface area (Å²) in [6, 6.07) is 2.04. The van der Waals surface area contributed by atoms with Crippen molar-refractivity contribution in [3.05, 3.63) is 33.0 Å². The molecule has 4 rings (SSSR count). The highest BCUT2D eigenvalue weighted by Crippen LogP contribution is 2.30. The third kappa shape index (κ3) is 3.24. The molecule has 1 fully saturated rings. The van der Waals surface area contributed by atoms with Gasteiger partial charge in [-0.1, -0.05) is 6.42 Å². The van der Waals surface area contributed by atoms with Gasteiger partial charge >= 0.3 is 0 Å². The molecule has 1 saturated heterocycles. The van der Waals surface area contributed by atoms with E-state index >= 15 is 0 Å². The molecule has 4 heterocycles. The summed E-state index contributed by atoms with van der Waals surface area (Å²) >= 11 is 1.71. The average molecular weight is 359 g/mol. The molecule has 0 radical (unpaired) electrons. The highest BCUT2D eigenvalue weighted by Gasteiger charge is 2.30. The summed E-state index contributed by atoms with van der Waals surface area (Å²) in [5.41, 5.74) is 0.878. The van der Waals surface area contributed by atoms with E-state index < -0.39 is 0 Å². The van der Waals surface area contributed by atoms with E-state index in [9.17, 15) is 4.79 Å². The van der Waals surface area contributed by atoms with Crippen molar-refractivity contribution in [3.63, 3.8) is 0 Å². The number of nitrogens with zero attached hydrogens (tertiary/aromatic N) is 4. The molecule has 0 aliphatic carbocycles. The fourth-order valence-corrected chi connectivity index (χ4v) is 5.11. The lowest BCUT2D eigenvalue weighted by Gasteiger charge is -2.32. The van der Waals surface area contributed by atoms with Gasteiger partial charge in [-0.15, -0.1) is 21.5 Å². The molecule has 0 bridgehead atoms. The fourth-order valence-electron chi connectivity index (χ4n) is 4.20. The Morgan fingerprint density at radius 1 is 1.16 bits per heavy atom. The summed E-state index contributed by atoms with van der Waals surface area (Å²) in [6.07, 6.45) is 6.87. The van der Waals surface area contributed by atoms with E-state index in [1.165, 1.54) is 24.1 Å². The SMILES string of the molecule is Cc1cc(C(=O)N2CCCC(c3nnc4n3CCCCC4)C2)c(C)s1. The van der Waals surface area contributed by atoms with E-state index in [2.05, 4.69) is 21.7 Å². The molecule has 2 aromatic heterocycles. The maximum absolute atomic E-state index is 13.0. The molecule has 0 saturated carbocycles. The van der Waals surface area contributed by atoms with Crippen LogP contribution in [-0.4, -0.2) is 38.7 Å². The highest BCUT2D eigenvalue weighted by atomic mass is 32.1. The topological polar surface area (TPSA) is 51.0 Å². The summed E-state index contributed by atoms with van der Waals surface area (Å²) in [5, 5.41) is 8.98. The minimum Gasteiger partial charge on any atom is -0.338 e. The van der Waals surface area contributed by atoms with Crippen LogP contribution in [0.1, 0.15) is 69.8 Å². The Hall–Kier alpha value is -1.69. The molecular weight excluding hydrogens is 332 g/mol. The Morgan fingerprint density at radius 2 is 2.04 bits per heavy atom. The maximum atomic E-state index is 13.0. The first-order valence-electron chi connectivity index (χ1n) is 9.42. The Morgan fingerprint density at radius 3 is 2.84 bits per heavy atom. The first kappa shape index (κ1) is 16.8. The van der Waals surface area contributed by atoms with Crippen LogP contribution in [0.25, 0.3) is 0 Å². The third-order valence-corrected chi connectivity index (χ3v) is 6.45. The summed E-state index contributed by atoms with van der Waals surface area (Å²) in [5.74, 6) is 2.74. The van der Waals surface area contributed by atoms with Crippen LogP contribution >= 0.6 is 11.3 Å². The minimum atomic E-state index is 0.183. The number of likely N-dealkylation sites (tertiary alicyclic amines) is 1. The third-order valence-electron chi connectivity index (χ3n) is 5.48. The zero-order valence-corrected chi connectivity index (χ0v) is 15.9. The van der Waals surface area contributed by atoms with Crippen LogP contribution in [0.15, 0.2) is 6.07 Å². The molecule has 1 unspecified atom stereocenters. The molecular formula is C19H26N4OS. The van der Waals surface area contributed by atoms with Crippen LogP contribution in [0.5, 0.6) is 0 Å². The Kier molecular flexibility index (Phi) is 4.63. The summed E-state index contributed by atoms with van der Waals surface area (Å²) in [4.78, 5) is 17.3. The zero-order chi connectivity index (χ0) is 17.4. The zero-order valence-electron chi connectivity index (χ0n) is 15.1. The molecule has 2 aromatic rings. The molecule has 1 amide bonds. The summed E-state index contributed by atoms with van der Waals surface area (Å²) < 4.78 is 2.34. The number of rotatable bonds is 2. The van der Waals surface area contributed by atoms with Crippen molar-refractivity contribution < 1.29 is 4.79 Å². The molecule has 1 atom stereocenters. The first-order chi connectivity index (χ1) is 12.1. The van der Waals surface area contributed by atoms with Crippen LogP contribution in [0.2, 0.25) is 0 Å². The number of carbonyl (C=O) groups is 1. The average Bonchev–Trinajstić information content (AvgIpc) is 3.08. The first-order valence-corrected chi connectivity index (χ1v) is 10.2. The molecule has 25 heavy (non-hydrogen) atoms. The Labute approximate surface area is 153 Å². The van der Waals surface area contributed by atoms with Crippen molar-refractivity contribution in [3.8, 4) is 0 Å². The van der Waals surface area contributed by atoms with Gasteiger partial charge in [-0.3, -0.25) is 4.79 Å². The van der Waals surface area contributed by atoms with E-state index in [1.807, 2.05) is 17.9 Å². The van der Waals surface area contributed by atoms with Crippen LogP contribution in [0.4, 0.5) is 0 Å². The molecule has 0 aromatic carbocycles. The molecule has 134 valence electrons. The molecule has 2 aliphatic heterocycles. The lowest BCUT2D eigenvalue weighted by molar-refractivity contribution is 0.0703. The van der Waals surface area contributed by atoms with Crippen LogP contribution in [-0.2, 0) is 13.0 Å². The second-order valence-electron chi connectivity index (χ2n) is 7.35. The van der Waals surface area contributed by atoms with Gasteiger partial charge in [0.25, 0.3) is 5.91 Å². The molecule has 0 spiro atoms. The summed E-state index contributed by atoms with van der Waals surface area (Å²) in [6.45, 7) is 6.77. The van der Waals surface area contributed by atoms with Crippen molar-refractivity contribution in [1.82, 2.24) is 19.7 Å². The van der Waals surface area contributed by atoms with Crippen molar-refractivity contribution in [2.75, 3.05) is 13.1 Å². The van der Waals surface area contributed by atoms with Gasteiger partial charge < -0.3 is 9.47 Å². The van der Waals surface area contributed by atoms with Crippen LogP contribution in [0, 0.1) is 13.8 Å².